The first-order valence-corrected chi connectivity index (χ1v) is 11.3. The molecule has 0 aromatic rings. The van der Waals surface area contributed by atoms with Crippen molar-refractivity contribution in [3.8, 4) is 0 Å². The molecular weight excluding hydrogens is 290 g/mol. The monoisotopic (exact) mass is 319 g/mol. The smallest absolute Gasteiger partial charge is 0.175 e. The summed E-state index contributed by atoms with van der Waals surface area (Å²) < 4.78 is 22.9. The summed E-state index contributed by atoms with van der Waals surface area (Å²) in [7, 11) is -1.17. The molecule has 7 heteroatoms. The second kappa shape index (κ2) is 6.23. The molecule has 2 saturated heterocycles. The third-order valence-electron chi connectivity index (χ3n) is 3.87. The van der Waals surface area contributed by atoms with Crippen LogP contribution in [-0.2, 0) is 18.9 Å². The molecular formula is C14H29NO5Si. The maximum atomic E-state index is 10.4. The lowest BCUT2D eigenvalue weighted by atomic mass is 9.96. The molecule has 0 aliphatic carbocycles. The van der Waals surface area contributed by atoms with Gasteiger partial charge in [0.1, 0.15) is 18.3 Å². The quantitative estimate of drug-likeness (QED) is 0.749. The van der Waals surface area contributed by atoms with Gasteiger partial charge in [0.25, 0.3) is 0 Å². The van der Waals surface area contributed by atoms with Crippen LogP contribution in [0.5, 0.6) is 0 Å². The molecule has 2 aliphatic rings. The average molecular weight is 319 g/mol. The van der Waals surface area contributed by atoms with Gasteiger partial charge < -0.3 is 29.8 Å². The van der Waals surface area contributed by atoms with Crippen molar-refractivity contribution in [3.63, 3.8) is 0 Å². The highest BCUT2D eigenvalue weighted by atomic mass is 28.3. The molecule has 0 amide bonds. The Morgan fingerprint density at radius 3 is 2.62 bits per heavy atom. The van der Waals surface area contributed by atoms with Gasteiger partial charge in [-0.1, -0.05) is 19.6 Å². The van der Waals surface area contributed by atoms with Crippen LogP contribution >= 0.6 is 0 Å². The zero-order chi connectivity index (χ0) is 15.8. The number of aliphatic hydroxyl groups excluding tert-OH is 1. The molecule has 0 aromatic heterocycles. The van der Waals surface area contributed by atoms with Crippen LogP contribution in [0.15, 0.2) is 0 Å². The standard InChI is InChI=1S/C14H29NO5Si/c1-14(2)18-8-9-12(20-14)11(16)10(15)13(19-9)17-6-7-21(3,4)5/h9-13,16H,6-8,15H2,1-5H3/t9-,10-,11-,12-,13-/m1/s1. The molecule has 21 heavy (non-hydrogen) atoms. The molecule has 2 heterocycles. The third kappa shape index (κ3) is 4.48. The number of aliphatic hydroxyl groups is 1. The lowest BCUT2D eigenvalue weighted by Gasteiger charge is -2.49. The Kier molecular flexibility index (Phi) is 5.14. The summed E-state index contributed by atoms with van der Waals surface area (Å²) in [6.07, 6.45) is -2.24. The summed E-state index contributed by atoms with van der Waals surface area (Å²) in [6.45, 7) is 11.5. The van der Waals surface area contributed by atoms with E-state index in [1.807, 2.05) is 13.8 Å². The zero-order valence-electron chi connectivity index (χ0n) is 13.7. The van der Waals surface area contributed by atoms with Crippen molar-refractivity contribution in [3.05, 3.63) is 0 Å². The summed E-state index contributed by atoms with van der Waals surface area (Å²) >= 11 is 0. The van der Waals surface area contributed by atoms with Gasteiger partial charge >= 0.3 is 0 Å². The van der Waals surface area contributed by atoms with Crippen LogP contribution in [-0.4, -0.2) is 62.8 Å². The fraction of sp³-hybridized carbons (Fsp3) is 1.00. The van der Waals surface area contributed by atoms with E-state index in [-0.39, 0.29) is 6.10 Å². The molecule has 2 rings (SSSR count). The zero-order valence-corrected chi connectivity index (χ0v) is 14.7. The van der Waals surface area contributed by atoms with E-state index in [2.05, 4.69) is 19.6 Å². The molecule has 124 valence electrons. The van der Waals surface area contributed by atoms with E-state index in [0.29, 0.717) is 13.2 Å². The molecule has 2 aliphatic heterocycles. The molecule has 3 N–H and O–H groups in total. The third-order valence-corrected chi connectivity index (χ3v) is 5.57. The molecule has 0 spiro atoms. The second-order valence-corrected chi connectivity index (χ2v) is 13.2. The topological polar surface area (TPSA) is 83.2 Å². The Balaban J connectivity index is 1.92. The molecule has 0 unspecified atom stereocenters. The van der Waals surface area contributed by atoms with E-state index < -0.39 is 38.4 Å². The van der Waals surface area contributed by atoms with E-state index >= 15 is 0 Å². The number of hydrogen-bond acceptors (Lipinski definition) is 6. The van der Waals surface area contributed by atoms with Crippen molar-refractivity contribution < 1.29 is 24.1 Å². The maximum Gasteiger partial charge on any atom is 0.175 e. The summed E-state index contributed by atoms with van der Waals surface area (Å²) in [4.78, 5) is 0. The van der Waals surface area contributed by atoms with E-state index in [0.717, 1.165) is 6.04 Å². The maximum absolute atomic E-state index is 10.4. The van der Waals surface area contributed by atoms with Gasteiger partial charge in [0.05, 0.1) is 12.6 Å². The second-order valence-electron chi connectivity index (χ2n) is 7.59. The van der Waals surface area contributed by atoms with E-state index in [4.69, 9.17) is 24.7 Å². The Labute approximate surface area is 127 Å². The van der Waals surface area contributed by atoms with E-state index in [1.165, 1.54) is 0 Å². The Hall–Kier alpha value is -0.0231. The van der Waals surface area contributed by atoms with Gasteiger partial charge in [0.2, 0.25) is 0 Å². The summed E-state index contributed by atoms with van der Waals surface area (Å²) in [5.41, 5.74) is 6.06. The van der Waals surface area contributed by atoms with Gasteiger partial charge in [-0.25, -0.2) is 0 Å². The van der Waals surface area contributed by atoms with Crippen LogP contribution in [0.2, 0.25) is 25.7 Å². The van der Waals surface area contributed by atoms with Crippen LogP contribution in [0.1, 0.15) is 13.8 Å². The summed E-state index contributed by atoms with van der Waals surface area (Å²) in [5.74, 6) is -0.725. The highest BCUT2D eigenvalue weighted by molar-refractivity contribution is 6.76. The van der Waals surface area contributed by atoms with Gasteiger partial charge in [-0.05, 0) is 19.9 Å². The van der Waals surface area contributed by atoms with Crippen molar-refractivity contribution in [2.45, 2.75) is 76.0 Å². The minimum atomic E-state index is -1.17. The normalized spacial score (nSPS) is 39.9. The number of nitrogens with two attached hydrogens (primary N) is 1. The first-order chi connectivity index (χ1) is 9.59. The summed E-state index contributed by atoms with van der Waals surface area (Å²) in [5, 5.41) is 10.4. The van der Waals surface area contributed by atoms with Crippen molar-refractivity contribution in [2.24, 2.45) is 5.73 Å². The molecule has 0 saturated carbocycles. The number of hydrogen-bond donors (Lipinski definition) is 2. The Bertz CT molecular complexity index is 358. The van der Waals surface area contributed by atoms with Crippen molar-refractivity contribution in [1.29, 1.82) is 0 Å². The van der Waals surface area contributed by atoms with Crippen LogP contribution in [0.25, 0.3) is 0 Å². The molecule has 2 fully saturated rings. The Morgan fingerprint density at radius 2 is 2.00 bits per heavy atom. The highest BCUT2D eigenvalue weighted by Gasteiger charge is 2.49. The fourth-order valence-corrected chi connectivity index (χ4v) is 3.23. The first-order valence-electron chi connectivity index (χ1n) is 7.62. The summed E-state index contributed by atoms with van der Waals surface area (Å²) in [6, 6.07) is 0.422. The van der Waals surface area contributed by atoms with Crippen molar-refractivity contribution >= 4 is 8.07 Å². The van der Waals surface area contributed by atoms with Crippen LogP contribution < -0.4 is 5.73 Å². The van der Waals surface area contributed by atoms with E-state index in [1.54, 1.807) is 0 Å². The van der Waals surface area contributed by atoms with Gasteiger partial charge in [0, 0.05) is 14.7 Å². The van der Waals surface area contributed by atoms with Gasteiger partial charge in [-0.15, -0.1) is 0 Å². The van der Waals surface area contributed by atoms with Crippen LogP contribution in [0.3, 0.4) is 0 Å². The van der Waals surface area contributed by atoms with Gasteiger partial charge in [-0.3, -0.25) is 0 Å². The molecule has 5 atom stereocenters. The van der Waals surface area contributed by atoms with Crippen LogP contribution in [0.4, 0.5) is 0 Å². The average Bonchev–Trinajstić information content (AvgIpc) is 2.34. The minimum absolute atomic E-state index is 0.343. The van der Waals surface area contributed by atoms with Crippen molar-refractivity contribution in [2.75, 3.05) is 13.2 Å². The largest absolute Gasteiger partial charge is 0.388 e. The van der Waals surface area contributed by atoms with Gasteiger partial charge in [0.15, 0.2) is 12.1 Å². The van der Waals surface area contributed by atoms with Crippen LogP contribution in [0, 0.1) is 0 Å². The predicted molar refractivity (Wildman–Crippen MR) is 81.7 cm³/mol. The SMILES string of the molecule is CC1(C)OC[C@H]2O[C@@H](OCC[Si](C)(C)C)[C@H](N)[C@@H](O)[C@@H]2O1. The number of fused-ring (bicyclic) bond motifs is 1. The molecule has 0 aromatic carbocycles. The molecule has 0 radical (unpaired) electrons. The fourth-order valence-electron chi connectivity index (χ4n) is 2.50. The highest BCUT2D eigenvalue weighted by Crippen LogP contribution is 2.32. The first kappa shape index (κ1) is 17.3. The molecule has 6 nitrogen and oxygen atoms in total. The number of rotatable bonds is 4. The minimum Gasteiger partial charge on any atom is -0.388 e. The van der Waals surface area contributed by atoms with Gasteiger partial charge in [-0.2, -0.15) is 0 Å². The Morgan fingerprint density at radius 1 is 1.33 bits per heavy atom. The molecule has 0 bridgehead atoms. The number of ether oxygens (including phenoxy) is 4. The lowest BCUT2D eigenvalue weighted by molar-refractivity contribution is -0.366. The van der Waals surface area contributed by atoms with Crippen molar-refractivity contribution in [1.82, 2.24) is 0 Å². The lowest BCUT2D eigenvalue weighted by Crippen LogP contribution is -2.67. The predicted octanol–water partition coefficient (Wildman–Crippen LogP) is 0.906. The van der Waals surface area contributed by atoms with E-state index in [9.17, 15) is 5.11 Å².